The van der Waals surface area contributed by atoms with Gasteiger partial charge >= 0.3 is 0 Å². The Hall–Kier alpha value is -4.33. The average Bonchev–Trinajstić information content (AvgIpc) is 3.24. The van der Waals surface area contributed by atoms with Gasteiger partial charge in [0.15, 0.2) is 0 Å². The van der Waals surface area contributed by atoms with Crippen LogP contribution in [0.3, 0.4) is 0 Å². The van der Waals surface area contributed by atoms with Gasteiger partial charge in [-0.3, -0.25) is 20.0 Å². The summed E-state index contributed by atoms with van der Waals surface area (Å²) >= 11 is 0. The number of non-ortho nitro benzene ring substituents is 1. The first-order valence-electron chi connectivity index (χ1n) is 8.72. The van der Waals surface area contributed by atoms with Crippen molar-refractivity contribution in [2.45, 2.75) is 0 Å². The van der Waals surface area contributed by atoms with Crippen molar-refractivity contribution in [2.24, 2.45) is 5.10 Å². The Morgan fingerprint density at radius 2 is 1.86 bits per heavy atom. The molecule has 2 N–H and O–H groups in total. The number of aromatic amines is 1. The fraction of sp³-hybridized carbons (Fsp3) is 0. The molecule has 0 saturated carbocycles. The highest BCUT2D eigenvalue weighted by atomic mass is 16.6. The number of nitrogens with one attached hydrogen (secondary N) is 2. The molecule has 0 fully saturated rings. The van der Waals surface area contributed by atoms with Crippen molar-refractivity contribution in [1.82, 2.24) is 15.6 Å². The molecule has 3 aromatic carbocycles. The summed E-state index contributed by atoms with van der Waals surface area (Å²) in [4.78, 5) is 22.6. The third kappa shape index (κ3) is 4.01. The molecule has 0 atom stereocenters. The highest BCUT2D eigenvalue weighted by Gasteiger charge is 2.11. The number of carbonyl (C=O) groups excluding carboxylic acids is 1. The Morgan fingerprint density at radius 3 is 2.69 bits per heavy atom. The van der Waals surface area contributed by atoms with Crippen LogP contribution in [0.1, 0.15) is 16.1 Å². The molecular formula is C21H15N5O3. The lowest BCUT2D eigenvalue weighted by Gasteiger charge is -2.00. The molecule has 8 heteroatoms. The van der Waals surface area contributed by atoms with Crippen LogP contribution in [-0.2, 0) is 0 Å². The molecule has 142 valence electrons. The lowest BCUT2D eigenvalue weighted by Crippen LogP contribution is -2.18. The van der Waals surface area contributed by atoms with Crippen LogP contribution in [0, 0.1) is 10.1 Å². The van der Waals surface area contributed by atoms with Crippen molar-refractivity contribution in [3.05, 3.63) is 94.2 Å². The quantitative estimate of drug-likeness (QED) is 0.308. The summed E-state index contributed by atoms with van der Waals surface area (Å²) in [6.07, 6.45) is 1.34. The van der Waals surface area contributed by atoms with Gasteiger partial charge in [-0.15, -0.1) is 0 Å². The van der Waals surface area contributed by atoms with E-state index >= 15 is 0 Å². The summed E-state index contributed by atoms with van der Waals surface area (Å²) in [7, 11) is 0. The number of amides is 1. The van der Waals surface area contributed by atoms with Crippen molar-refractivity contribution < 1.29 is 9.72 Å². The van der Waals surface area contributed by atoms with E-state index in [0.717, 1.165) is 16.3 Å². The molecule has 0 saturated heterocycles. The number of benzene rings is 3. The number of fused-ring (bicyclic) bond motifs is 1. The normalized spacial score (nSPS) is 11.0. The standard InChI is InChI=1S/C21H15N5O3/c27-21(25-22-13-14-4-3-7-18(10-14)26(28)29)20-12-19(23-24-20)17-9-8-15-5-1-2-6-16(15)11-17/h1-13H,(H,23,24)(H,25,27)/b22-13-. The molecule has 4 rings (SSSR count). The maximum Gasteiger partial charge on any atom is 0.289 e. The Morgan fingerprint density at radius 1 is 1.03 bits per heavy atom. The molecule has 1 heterocycles. The molecule has 0 aliphatic carbocycles. The molecule has 8 nitrogen and oxygen atoms in total. The van der Waals surface area contributed by atoms with Gasteiger partial charge in [-0.2, -0.15) is 10.2 Å². The maximum absolute atomic E-state index is 12.3. The Bertz CT molecular complexity index is 1250. The second kappa shape index (κ2) is 7.73. The largest absolute Gasteiger partial charge is 0.289 e. The highest BCUT2D eigenvalue weighted by Crippen LogP contribution is 2.23. The van der Waals surface area contributed by atoms with E-state index < -0.39 is 10.8 Å². The predicted molar refractivity (Wildman–Crippen MR) is 110 cm³/mol. The Balaban J connectivity index is 1.46. The lowest BCUT2D eigenvalue weighted by atomic mass is 10.1. The molecule has 0 bridgehead atoms. The van der Waals surface area contributed by atoms with Crippen LogP contribution in [0.15, 0.2) is 77.9 Å². The summed E-state index contributed by atoms with van der Waals surface area (Å²) in [5.41, 5.74) is 4.62. The third-order valence-electron chi connectivity index (χ3n) is 4.33. The zero-order chi connectivity index (χ0) is 20.2. The molecule has 1 aromatic heterocycles. The van der Waals surface area contributed by atoms with Crippen LogP contribution in [0.4, 0.5) is 5.69 Å². The molecule has 1 amide bonds. The van der Waals surface area contributed by atoms with E-state index in [1.54, 1.807) is 18.2 Å². The number of carbonyl (C=O) groups is 1. The number of nitro benzene ring substituents is 1. The fourth-order valence-corrected chi connectivity index (χ4v) is 2.88. The minimum absolute atomic E-state index is 0.0473. The minimum Gasteiger partial charge on any atom is -0.272 e. The van der Waals surface area contributed by atoms with Gasteiger partial charge in [-0.25, -0.2) is 5.43 Å². The SMILES string of the molecule is O=C(N/N=C\c1cccc([N+](=O)[O-])c1)c1cc(-c2ccc3ccccc3c2)n[nH]1. The summed E-state index contributed by atoms with van der Waals surface area (Å²) in [5.74, 6) is -0.466. The molecule has 0 unspecified atom stereocenters. The molecule has 29 heavy (non-hydrogen) atoms. The third-order valence-corrected chi connectivity index (χ3v) is 4.33. The minimum atomic E-state index is -0.491. The number of aromatic nitrogens is 2. The van der Waals surface area contributed by atoms with Crippen molar-refractivity contribution in [3.8, 4) is 11.3 Å². The van der Waals surface area contributed by atoms with Gasteiger partial charge in [0.1, 0.15) is 5.69 Å². The van der Waals surface area contributed by atoms with Gasteiger partial charge < -0.3 is 0 Å². The molecule has 4 aromatic rings. The van der Waals surface area contributed by atoms with E-state index in [1.807, 2.05) is 42.5 Å². The smallest absolute Gasteiger partial charge is 0.272 e. The monoisotopic (exact) mass is 385 g/mol. The van der Waals surface area contributed by atoms with Crippen molar-refractivity contribution >= 4 is 28.6 Å². The van der Waals surface area contributed by atoms with Gasteiger partial charge in [0.2, 0.25) is 0 Å². The molecular weight excluding hydrogens is 370 g/mol. The van der Waals surface area contributed by atoms with Gasteiger partial charge in [-0.05, 0) is 22.9 Å². The van der Waals surface area contributed by atoms with Crippen LogP contribution >= 0.6 is 0 Å². The van der Waals surface area contributed by atoms with Crippen molar-refractivity contribution in [1.29, 1.82) is 0 Å². The van der Waals surface area contributed by atoms with E-state index in [9.17, 15) is 14.9 Å². The zero-order valence-corrected chi connectivity index (χ0v) is 15.1. The summed E-state index contributed by atoms with van der Waals surface area (Å²) in [5, 5.41) is 23.7. The second-order valence-electron chi connectivity index (χ2n) is 6.28. The topological polar surface area (TPSA) is 113 Å². The van der Waals surface area contributed by atoms with Crippen LogP contribution in [0.25, 0.3) is 22.0 Å². The Kier molecular flexibility index (Phi) is 4.81. The molecule has 0 aliphatic rings. The van der Waals surface area contributed by atoms with Crippen LogP contribution in [0.2, 0.25) is 0 Å². The number of hydrogen-bond acceptors (Lipinski definition) is 5. The first-order chi connectivity index (χ1) is 14.1. The van der Waals surface area contributed by atoms with E-state index in [2.05, 4.69) is 20.7 Å². The number of hydrogen-bond donors (Lipinski definition) is 2. The number of H-pyrrole nitrogens is 1. The van der Waals surface area contributed by atoms with Gasteiger partial charge in [-0.1, -0.05) is 48.5 Å². The van der Waals surface area contributed by atoms with E-state index in [4.69, 9.17) is 0 Å². The lowest BCUT2D eigenvalue weighted by molar-refractivity contribution is -0.384. The van der Waals surface area contributed by atoms with Crippen molar-refractivity contribution in [2.75, 3.05) is 0 Å². The Labute approximate surface area is 165 Å². The number of nitrogens with zero attached hydrogens (tertiary/aromatic N) is 3. The van der Waals surface area contributed by atoms with Crippen LogP contribution in [-0.4, -0.2) is 27.2 Å². The molecule has 0 radical (unpaired) electrons. The average molecular weight is 385 g/mol. The zero-order valence-electron chi connectivity index (χ0n) is 15.1. The molecule has 0 aliphatic heterocycles. The van der Waals surface area contributed by atoms with Gasteiger partial charge in [0.05, 0.1) is 16.8 Å². The fourth-order valence-electron chi connectivity index (χ4n) is 2.88. The first kappa shape index (κ1) is 18.1. The summed E-state index contributed by atoms with van der Waals surface area (Å²) < 4.78 is 0. The number of rotatable bonds is 5. The number of hydrazone groups is 1. The first-order valence-corrected chi connectivity index (χ1v) is 8.72. The number of nitro groups is 1. The van der Waals surface area contributed by atoms with Crippen molar-refractivity contribution in [3.63, 3.8) is 0 Å². The van der Waals surface area contributed by atoms with Crippen LogP contribution < -0.4 is 5.43 Å². The van der Waals surface area contributed by atoms with E-state index in [1.165, 1.54) is 18.3 Å². The second-order valence-corrected chi connectivity index (χ2v) is 6.28. The van der Waals surface area contributed by atoms with Gasteiger partial charge in [0, 0.05) is 23.3 Å². The highest BCUT2D eigenvalue weighted by molar-refractivity contribution is 5.94. The van der Waals surface area contributed by atoms with Crippen LogP contribution in [0.5, 0.6) is 0 Å². The molecule has 0 spiro atoms. The summed E-state index contributed by atoms with van der Waals surface area (Å²) in [6, 6.07) is 21.5. The maximum atomic E-state index is 12.3. The van der Waals surface area contributed by atoms with E-state index in [0.29, 0.717) is 11.3 Å². The summed E-state index contributed by atoms with van der Waals surface area (Å²) in [6.45, 7) is 0. The predicted octanol–water partition coefficient (Wildman–Crippen LogP) is 3.90. The van der Waals surface area contributed by atoms with Gasteiger partial charge in [0.25, 0.3) is 11.6 Å². The van der Waals surface area contributed by atoms with E-state index in [-0.39, 0.29) is 11.4 Å².